The Bertz CT molecular complexity index is 949. The number of nitro groups is 1. The number of rotatable bonds is 4. The monoisotopic (exact) mass is 371 g/mol. The fourth-order valence-electron chi connectivity index (χ4n) is 2.45. The molecule has 2 aromatic carbocycles. The van der Waals surface area contributed by atoms with Crippen LogP contribution in [0.3, 0.4) is 0 Å². The van der Waals surface area contributed by atoms with E-state index < -0.39 is 10.9 Å². The van der Waals surface area contributed by atoms with Gasteiger partial charge in [-0.3, -0.25) is 10.1 Å². The highest BCUT2D eigenvalue weighted by Crippen LogP contribution is 2.28. The second-order valence-corrected chi connectivity index (χ2v) is 6.19. The molecule has 0 N–H and O–H groups in total. The molecule has 0 aromatic heterocycles. The van der Waals surface area contributed by atoms with Crippen molar-refractivity contribution in [2.75, 3.05) is 19.0 Å². The smallest absolute Gasteiger partial charge is 0.368 e. The van der Waals surface area contributed by atoms with Gasteiger partial charge in [0.15, 0.2) is 0 Å². The zero-order chi connectivity index (χ0) is 18.8. The quantitative estimate of drug-likeness (QED) is 0.354. The Labute approximate surface area is 154 Å². The van der Waals surface area contributed by atoms with Crippen LogP contribution in [0.15, 0.2) is 53.2 Å². The third-order valence-electron chi connectivity index (χ3n) is 3.83. The molecule has 1 aliphatic rings. The summed E-state index contributed by atoms with van der Waals surface area (Å²) in [6.45, 7) is 0. The highest BCUT2D eigenvalue weighted by atomic mass is 35.5. The molecule has 0 fully saturated rings. The Balaban J connectivity index is 1.99. The minimum Gasteiger partial charge on any atom is -0.378 e. The lowest BCUT2D eigenvalue weighted by Gasteiger charge is -2.11. The van der Waals surface area contributed by atoms with Crippen LogP contribution in [0.2, 0.25) is 5.02 Å². The van der Waals surface area contributed by atoms with Gasteiger partial charge in [-0.1, -0.05) is 35.0 Å². The number of hydrogen-bond donors (Lipinski definition) is 0. The van der Waals surface area contributed by atoms with Gasteiger partial charge in [0.2, 0.25) is 0 Å². The standard InChI is InChI=1S/C18H14ClN3O4/c1-21(2)13-6-3-11(4-7-13)9-14-17(20-26-18(14)23)12-5-8-15(19)16(10-12)22(24)25/h3-10H,1-2H3. The number of nitro benzene ring substituents is 1. The van der Waals surface area contributed by atoms with Crippen LogP contribution in [0.1, 0.15) is 11.1 Å². The summed E-state index contributed by atoms with van der Waals surface area (Å²) in [5, 5.41) is 14.9. The van der Waals surface area contributed by atoms with E-state index in [1.54, 1.807) is 12.1 Å². The summed E-state index contributed by atoms with van der Waals surface area (Å²) in [7, 11) is 3.86. The molecule has 3 rings (SSSR count). The summed E-state index contributed by atoms with van der Waals surface area (Å²) in [6.07, 6.45) is 1.63. The Morgan fingerprint density at radius 2 is 1.88 bits per heavy atom. The predicted molar refractivity (Wildman–Crippen MR) is 99.5 cm³/mol. The lowest BCUT2D eigenvalue weighted by Crippen LogP contribution is -2.08. The fourth-order valence-corrected chi connectivity index (χ4v) is 2.64. The normalized spacial score (nSPS) is 15.0. The molecule has 8 heteroatoms. The highest BCUT2D eigenvalue weighted by molar-refractivity contribution is 6.34. The van der Waals surface area contributed by atoms with Crippen molar-refractivity contribution in [3.05, 3.63) is 74.3 Å². The molecule has 2 aromatic rings. The minimum atomic E-state index is -0.616. The summed E-state index contributed by atoms with van der Waals surface area (Å²) in [5.41, 5.74) is 2.36. The van der Waals surface area contributed by atoms with Crippen molar-refractivity contribution in [2.45, 2.75) is 0 Å². The van der Waals surface area contributed by atoms with Crippen molar-refractivity contribution >= 4 is 40.7 Å². The van der Waals surface area contributed by atoms with Gasteiger partial charge in [-0.25, -0.2) is 4.79 Å². The first-order valence-electron chi connectivity index (χ1n) is 7.60. The molecule has 0 spiro atoms. The number of halogens is 1. The lowest BCUT2D eigenvalue weighted by atomic mass is 10.00. The molecule has 0 atom stereocenters. The molecule has 7 nitrogen and oxygen atoms in total. The second kappa shape index (κ2) is 6.97. The molecule has 0 saturated heterocycles. The third kappa shape index (κ3) is 3.43. The summed E-state index contributed by atoms with van der Waals surface area (Å²) in [4.78, 5) is 29.3. The highest BCUT2D eigenvalue weighted by Gasteiger charge is 2.28. The van der Waals surface area contributed by atoms with Crippen LogP contribution in [-0.4, -0.2) is 30.7 Å². The maximum Gasteiger partial charge on any atom is 0.368 e. The molecule has 26 heavy (non-hydrogen) atoms. The first-order chi connectivity index (χ1) is 12.4. The first kappa shape index (κ1) is 17.6. The Morgan fingerprint density at radius 3 is 2.50 bits per heavy atom. The number of carbonyl (C=O) groups is 1. The van der Waals surface area contributed by atoms with E-state index in [0.29, 0.717) is 5.56 Å². The number of benzene rings is 2. The molecule has 0 saturated carbocycles. The average molecular weight is 372 g/mol. The van der Waals surface area contributed by atoms with Crippen molar-refractivity contribution < 1.29 is 14.6 Å². The van der Waals surface area contributed by atoms with E-state index >= 15 is 0 Å². The molecule has 1 heterocycles. The van der Waals surface area contributed by atoms with E-state index in [-0.39, 0.29) is 22.0 Å². The zero-order valence-corrected chi connectivity index (χ0v) is 14.7. The van der Waals surface area contributed by atoms with Crippen molar-refractivity contribution in [1.82, 2.24) is 0 Å². The van der Waals surface area contributed by atoms with Crippen molar-refractivity contribution in [3.63, 3.8) is 0 Å². The number of hydrogen-bond acceptors (Lipinski definition) is 6. The minimum absolute atomic E-state index is 0.00870. The SMILES string of the molecule is CN(C)c1ccc(C=C2C(=O)ON=C2c2ccc(Cl)c([N+](=O)[O-])c2)cc1. The van der Waals surface area contributed by atoms with E-state index in [4.69, 9.17) is 16.4 Å². The number of anilines is 1. The first-order valence-corrected chi connectivity index (χ1v) is 7.97. The van der Waals surface area contributed by atoms with Crippen LogP contribution in [0.5, 0.6) is 0 Å². The molecule has 0 unspecified atom stereocenters. The summed E-state index contributed by atoms with van der Waals surface area (Å²) < 4.78 is 0. The maximum absolute atomic E-state index is 12.1. The largest absolute Gasteiger partial charge is 0.378 e. The van der Waals surface area contributed by atoms with Crippen LogP contribution >= 0.6 is 11.6 Å². The topological polar surface area (TPSA) is 85.0 Å². The summed E-state index contributed by atoms with van der Waals surface area (Å²) >= 11 is 5.83. The maximum atomic E-state index is 12.1. The summed E-state index contributed by atoms with van der Waals surface area (Å²) in [6, 6.07) is 11.8. The third-order valence-corrected chi connectivity index (χ3v) is 4.15. The predicted octanol–water partition coefficient (Wildman–Crippen LogP) is 3.66. The molecular formula is C18H14ClN3O4. The molecule has 1 aliphatic heterocycles. The van der Waals surface area contributed by atoms with Crippen LogP contribution < -0.4 is 4.90 Å². The van der Waals surface area contributed by atoms with E-state index in [9.17, 15) is 14.9 Å². The van der Waals surface area contributed by atoms with Gasteiger partial charge in [0, 0.05) is 31.4 Å². The molecule has 0 bridgehead atoms. The fraction of sp³-hybridized carbons (Fsp3) is 0.111. The molecule has 0 amide bonds. The second-order valence-electron chi connectivity index (χ2n) is 5.79. The number of carbonyl (C=O) groups excluding carboxylic acids is 1. The van der Waals surface area contributed by atoms with Crippen molar-refractivity contribution in [3.8, 4) is 0 Å². The van der Waals surface area contributed by atoms with Gasteiger partial charge >= 0.3 is 5.97 Å². The van der Waals surface area contributed by atoms with Gasteiger partial charge in [-0.15, -0.1) is 0 Å². The summed E-state index contributed by atoms with van der Waals surface area (Å²) in [5.74, 6) is -0.616. The zero-order valence-electron chi connectivity index (χ0n) is 14.0. The van der Waals surface area contributed by atoms with Crippen LogP contribution in [0.25, 0.3) is 6.08 Å². The van der Waals surface area contributed by atoms with Gasteiger partial charge in [-0.05, 0) is 29.8 Å². The van der Waals surface area contributed by atoms with E-state index in [1.807, 2.05) is 43.3 Å². The average Bonchev–Trinajstić information content (AvgIpc) is 2.96. The van der Waals surface area contributed by atoms with E-state index in [0.717, 1.165) is 11.3 Å². The van der Waals surface area contributed by atoms with Crippen molar-refractivity contribution in [1.29, 1.82) is 0 Å². The van der Waals surface area contributed by atoms with Gasteiger partial charge in [-0.2, -0.15) is 0 Å². The van der Waals surface area contributed by atoms with Gasteiger partial charge < -0.3 is 9.74 Å². The number of nitrogens with zero attached hydrogens (tertiary/aromatic N) is 3. The Kier molecular flexibility index (Phi) is 4.73. The van der Waals surface area contributed by atoms with Gasteiger partial charge in [0.1, 0.15) is 10.7 Å². The van der Waals surface area contributed by atoms with Crippen molar-refractivity contribution in [2.24, 2.45) is 5.16 Å². The Hall–Kier alpha value is -3.19. The lowest BCUT2D eigenvalue weighted by molar-refractivity contribution is -0.384. The molecule has 132 valence electrons. The Morgan fingerprint density at radius 1 is 1.19 bits per heavy atom. The molecule has 0 radical (unpaired) electrons. The van der Waals surface area contributed by atoms with Crippen LogP contribution in [0.4, 0.5) is 11.4 Å². The van der Waals surface area contributed by atoms with Gasteiger partial charge in [0.25, 0.3) is 5.69 Å². The van der Waals surface area contributed by atoms with E-state index in [2.05, 4.69) is 5.16 Å². The molecule has 0 aliphatic carbocycles. The molecular weight excluding hydrogens is 358 g/mol. The van der Waals surface area contributed by atoms with Crippen LogP contribution in [-0.2, 0) is 9.63 Å². The van der Waals surface area contributed by atoms with Gasteiger partial charge in [0.05, 0.1) is 10.5 Å². The van der Waals surface area contributed by atoms with Crippen LogP contribution in [0, 0.1) is 10.1 Å². The number of oxime groups is 1. The van der Waals surface area contributed by atoms with E-state index in [1.165, 1.54) is 12.1 Å².